The molecule has 0 bridgehead atoms. The fraction of sp³-hybridized carbons (Fsp3) is 0.421. The van der Waals surface area contributed by atoms with Crippen LogP contribution in [-0.4, -0.2) is 33.5 Å². The molecular formula is C19H23FN4O2. The number of carbonyl (C=O) groups excluding carboxylic acids is 2. The van der Waals surface area contributed by atoms with Crippen LogP contribution in [0.25, 0.3) is 0 Å². The number of hydrogen-bond donors (Lipinski definition) is 1. The third-order valence-electron chi connectivity index (χ3n) is 5.15. The molecule has 1 aromatic carbocycles. The summed E-state index contributed by atoms with van der Waals surface area (Å²) >= 11 is 0. The number of carbonyl (C=O) groups is 2. The minimum Gasteiger partial charge on any atom is -0.338 e. The largest absolute Gasteiger partial charge is 0.338 e. The summed E-state index contributed by atoms with van der Waals surface area (Å²) < 4.78 is 15.4. The molecule has 2 atom stereocenters. The fourth-order valence-electron chi connectivity index (χ4n) is 3.63. The van der Waals surface area contributed by atoms with Crippen molar-refractivity contribution in [1.29, 1.82) is 0 Å². The van der Waals surface area contributed by atoms with E-state index in [1.54, 1.807) is 28.8 Å². The minimum atomic E-state index is -0.496. The number of halogens is 1. The van der Waals surface area contributed by atoms with E-state index >= 15 is 0 Å². The smallest absolute Gasteiger partial charge is 0.230 e. The first-order chi connectivity index (χ1) is 12.3. The van der Waals surface area contributed by atoms with Crippen LogP contribution in [0.5, 0.6) is 0 Å². The van der Waals surface area contributed by atoms with E-state index in [0.717, 1.165) is 11.4 Å². The molecule has 1 aliphatic rings. The van der Waals surface area contributed by atoms with Gasteiger partial charge in [0.05, 0.1) is 29.0 Å². The van der Waals surface area contributed by atoms with E-state index in [1.165, 1.54) is 12.1 Å². The first kappa shape index (κ1) is 18.1. The number of nitrogens with zero attached hydrogens (tertiary/aromatic N) is 3. The van der Waals surface area contributed by atoms with Crippen LogP contribution in [0.15, 0.2) is 24.3 Å². The summed E-state index contributed by atoms with van der Waals surface area (Å²) in [6.07, 6.45) is 0.722. The Kier molecular flexibility index (Phi) is 4.80. The molecule has 0 saturated carbocycles. The minimum absolute atomic E-state index is 0.0444. The highest BCUT2D eigenvalue weighted by Gasteiger charge is 2.39. The first-order valence-electron chi connectivity index (χ1n) is 8.61. The Morgan fingerprint density at radius 3 is 2.65 bits per heavy atom. The van der Waals surface area contributed by atoms with E-state index < -0.39 is 12.0 Å². The van der Waals surface area contributed by atoms with Crippen molar-refractivity contribution in [2.24, 2.45) is 13.0 Å². The zero-order valence-corrected chi connectivity index (χ0v) is 15.4. The Morgan fingerprint density at radius 2 is 2.04 bits per heavy atom. The monoisotopic (exact) mass is 358 g/mol. The summed E-state index contributed by atoms with van der Waals surface area (Å²) in [5, 5.41) is 7.28. The lowest BCUT2D eigenvalue weighted by Gasteiger charge is -2.38. The molecule has 0 radical (unpaired) electrons. The Bertz CT molecular complexity index is 861. The van der Waals surface area contributed by atoms with Crippen LogP contribution in [0.3, 0.4) is 0 Å². The number of hydrogen-bond acceptors (Lipinski definition) is 3. The summed E-state index contributed by atoms with van der Waals surface area (Å²) in [6.45, 7) is 3.72. The molecule has 1 aromatic heterocycles. The van der Waals surface area contributed by atoms with E-state index in [9.17, 15) is 14.0 Å². The van der Waals surface area contributed by atoms with E-state index in [1.807, 2.05) is 20.9 Å². The van der Waals surface area contributed by atoms with Gasteiger partial charge in [-0.2, -0.15) is 5.10 Å². The zero-order chi connectivity index (χ0) is 19.0. The van der Waals surface area contributed by atoms with Crippen LogP contribution in [0.2, 0.25) is 0 Å². The average molecular weight is 358 g/mol. The van der Waals surface area contributed by atoms with Crippen LogP contribution < -0.4 is 5.32 Å². The van der Waals surface area contributed by atoms with Crippen molar-refractivity contribution in [1.82, 2.24) is 14.7 Å². The molecule has 0 aliphatic carbocycles. The second-order valence-corrected chi connectivity index (χ2v) is 6.81. The maximum absolute atomic E-state index is 13.7. The van der Waals surface area contributed by atoms with Crippen molar-refractivity contribution >= 4 is 17.5 Å². The third kappa shape index (κ3) is 3.21. The van der Waals surface area contributed by atoms with Gasteiger partial charge in [0.2, 0.25) is 11.8 Å². The summed E-state index contributed by atoms with van der Waals surface area (Å²) in [5.74, 6) is -1.07. The summed E-state index contributed by atoms with van der Waals surface area (Å²) in [4.78, 5) is 26.8. The molecule has 1 aliphatic heterocycles. The first-order valence-corrected chi connectivity index (χ1v) is 8.61. The molecular weight excluding hydrogens is 335 g/mol. The number of anilines is 1. The number of benzene rings is 1. The Morgan fingerprint density at radius 1 is 1.31 bits per heavy atom. The number of aromatic nitrogens is 2. The van der Waals surface area contributed by atoms with Gasteiger partial charge in [-0.15, -0.1) is 0 Å². The highest BCUT2D eigenvalue weighted by atomic mass is 19.1. The quantitative estimate of drug-likeness (QED) is 0.917. The van der Waals surface area contributed by atoms with Crippen LogP contribution >= 0.6 is 0 Å². The molecule has 0 spiro atoms. The van der Waals surface area contributed by atoms with Crippen LogP contribution in [0.4, 0.5) is 10.1 Å². The molecule has 26 heavy (non-hydrogen) atoms. The van der Waals surface area contributed by atoms with Crippen molar-refractivity contribution in [2.75, 3.05) is 12.4 Å². The Balaban J connectivity index is 1.92. The van der Waals surface area contributed by atoms with Gasteiger partial charge in [-0.25, -0.2) is 4.39 Å². The average Bonchev–Trinajstić information content (AvgIpc) is 2.83. The molecule has 1 saturated heterocycles. The summed E-state index contributed by atoms with van der Waals surface area (Å²) in [6, 6.07) is 5.60. The lowest BCUT2D eigenvalue weighted by Crippen LogP contribution is -2.44. The molecule has 1 fully saturated rings. The molecule has 6 nitrogen and oxygen atoms in total. The molecule has 7 heteroatoms. The van der Waals surface area contributed by atoms with Crippen molar-refractivity contribution in [3.8, 4) is 0 Å². The van der Waals surface area contributed by atoms with Crippen LogP contribution in [-0.2, 0) is 16.6 Å². The van der Waals surface area contributed by atoms with Crippen molar-refractivity contribution in [3.05, 3.63) is 47.0 Å². The summed E-state index contributed by atoms with van der Waals surface area (Å²) in [5.41, 5.74) is 2.91. The van der Waals surface area contributed by atoms with Gasteiger partial charge in [0.15, 0.2) is 0 Å². The normalized spacial score (nSPS) is 20.3. The van der Waals surface area contributed by atoms with Crippen molar-refractivity contribution in [2.45, 2.75) is 32.7 Å². The second kappa shape index (κ2) is 6.90. The number of amides is 2. The van der Waals surface area contributed by atoms with E-state index in [2.05, 4.69) is 10.4 Å². The maximum Gasteiger partial charge on any atom is 0.230 e. The Hall–Kier alpha value is -2.70. The highest BCUT2D eigenvalue weighted by molar-refractivity contribution is 5.95. The third-order valence-corrected chi connectivity index (χ3v) is 5.15. The lowest BCUT2D eigenvalue weighted by molar-refractivity contribution is -0.140. The van der Waals surface area contributed by atoms with Gasteiger partial charge in [-0.05, 0) is 38.0 Å². The van der Waals surface area contributed by atoms with E-state index in [4.69, 9.17) is 0 Å². The van der Waals surface area contributed by atoms with Crippen molar-refractivity contribution in [3.63, 3.8) is 0 Å². The predicted molar refractivity (Wildman–Crippen MR) is 95.9 cm³/mol. The van der Waals surface area contributed by atoms with Crippen molar-refractivity contribution < 1.29 is 14.0 Å². The maximum atomic E-state index is 13.7. The SMILES string of the molecule is Cc1nn(C)c(C)c1NC(=O)[C@@H]1CCC(=O)N(C)[C@H]1c1cccc(F)c1. The topological polar surface area (TPSA) is 67.2 Å². The molecule has 138 valence electrons. The predicted octanol–water partition coefficient (Wildman–Crippen LogP) is 2.72. The van der Waals surface area contributed by atoms with E-state index in [0.29, 0.717) is 24.1 Å². The second-order valence-electron chi connectivity index (χ2n) is 6.81. The molecule has 2 amide bonds. The van der Waals surface area contributed by atoms with E-state index in [-0.39, 0.29) is 17.6 Å². The number of piperidine rings is 1. The molecule has 1 N–H and O–H groups in total. The van der Waals surface area contributed by atoms with Gasteiger partial charge in [0.1, 0.15) is 5.82 Å². The Labute approximate surface area is 152 Å². The highest BCUT2D eigenvalue weighted by Crippen LogP contribution is 2.37. The lowest BCUT2D eigenvalue weighted by atomic mass is 9.84. The van der Waals surface area contributed by atoms with Crippen LogP contribution in [0, 0.1) is 25.6 Å². The molecule has 2 heterocycles. The molecule has 3 rings (SSSR count). The number of likely N-dealkylation sites (tertiary alicyclic amines) is 1. The van der Waals surface area contributed by atoms with Gasteiger partial charge >= 0.3 is 0 Å². The molecule has 0 unspecified atom stereocenters. The number of nitrogens with one attached hydrogen (secondary N) is 1. The van der Waals surface area contributed by atoms with Crippen LogP contribution in [0.1, 0.15) is 35.8 Å². The fourth-order valence-corrected chi connectivity index (χ4v) is 3.63. The number of aryl methyl sites for hydroxylation is 2. The van der Waals surface area contributed by atoms with Gasteiger partial charge in [0.25, 0.3) is 0 Å². The molecule has 2 aromatic rings. The standard InChI is InChI=1S/C19H23FN4O2/c1-11-17(12(2)24(4)22-11)21-19(26)15-8-9-16(25)23(3)18(15)13-6-5-7-14(20)10-13/h5-7,10,15,18H,8-9H2,1-4H3,(H,21,26)/t15-,18+/m1/s1. The van der Waals surface area contributed by atoms with Gasteiger partial charge in [-0.1, -0.05) is 12.1 Å². The van der Waals surface area contributed by atoms with Gasteiger partial charge in [-0.3, -0.25) is 14.3 Å². The van der Waals surface area contributed by atoms with Gasteiger partial charge in [0, 0.05) is 20.5 Å². The number of rotatable bonds is 3. The summed E-state index contributed by atoms with van der Waals surface area (Å²) in [7, 11) is 3.48. The zero-order valence-electron chi connectivity index (χ0n) is 15.4. The van der Waals surface area contributed by atoms with Gasteiger partial charge < -0.3 is 10.2 Å².